The molecule has 1 aromatic carbocycles. The van der Waals surface area contributed by atoms with E-state index in [1.165, 1.54) is 27.2 Å². The second-order valence-electron chi connectivity index (χ2n) is 10.2. The van der Waals surface area contributed by atoms with E-state index in [0.717, 1.165) is 17.9 Å². The van der Waals surface area contributed by atoms with Crippen LogP contribution >= 0.6 is 0 Å². The van der Waals surface area contributed by atoms with Gasteiger partial charge in [0, 0.05) is 50.3 Å². The van der Waals surface area contributed by atoms with Crippen molar-refractivity contribution in [2.24, 2.45) is 0 Å². The van der Waals surface area contributed by atoms with Crippen molar-refractivity contribution in [1.29, 1.82) is 0 Å². The molecule has 0 radical (unpaired) electrons. The molecule has 5 rings (SSSR count). The highest BCUT2D eigenvalue weighted by Gasteiger charge is 2.32. The van der Waals surface area contributed by atoms with Crippen LogP contribution in [0.3, 0.4) is 0 Å². The fourth-order valence-corrected chi connectivity index (χ4v) is 5.13. The van der Waals surface area contributed by atoms with Crippen LogP contribution in [-0.4, -0.2) is 75.4 Å². The predicted molar refractivity (Wildman–Crippen MR) is 148 cm³/mol. The van der Waals surface area contributed by atoms with Crippen molar-refractivity contribution in [2.75, 3.05) is 32.8 Å². The third-order valence-electron chi connectivity index (χ3n) is 7.43. The first-order chi connectivity index (χ1) is 18.7. The number of hydrogen-bond donors (Lipinski definition) is 1. The molecule has 2 atom stereocenters. The van der Waals surface area contributed by atoms with E-state index in [4.69, 9.17) is 9.47 Å². The highest BCUT2D eigenvalue weighted by molar-refractivity contribution is 5.77. The molecule has 208 valence electrons. The second-order valence-corrected chi connectivity index (χ2v) is 10.2. The number of carbonyl (C=O) groups excluding carboxylic acids is 1. The fourth-order valence-electron chi connectivity index (χ4n) is 5.13. The Hall–Kier alpha value is -3.85. The standard InChI is InChI=1S/C20H24N4O5.C10H14/c25-19(23-9-5-16(12-23)29-15-3-6-21-7-4-15)14-28-13-18-17-2-1-8-22(17)10-11-24(18)20(26)27;1-7-5-8(2)10(4)9(3)6-7/h1-4,6-8,16,18H,5,9-14H2,(H,26,27);5-6H,1-4H3. The number of likely N-dealkylation sites (tertiary alicyclic amines) is 1. The Labute approximate surface area is 230 Å². The van der Waals surface area contributed by atoms with Gasteiger partial charge in [-0.3, -0.25) is 14.7 Å². The zero-order chi connectivity index (χ0) is 27.9. The fraction of sp³-hybridized carbons (Fsp3) is 0.433. The lowest BCUT2D eigenvalue weighted by Gasteiger charge is -2.34. The Morgan fingerprint density at radius 3 is 2.44 bits per heavy atom. The summed E-state index contributed by atoms with van der Waals surface area (Å²) in [6, 6.07) is 11.4. The zero-order valence-electron chi connectivity index (χ0n) is 23.2. The van der Waals surface area contributed by atoms with Gasteiger partial charge in [-0.25, -0.2) is 4.79 Å². The minimum absolute atomic E-state index is 0.0505. The number of amides is 2. The summed E-state index contributed by atoms with van der Waals surface area (Å²) in [6.45, 7) is 10.9. The SMILES string of the molecule is Cc1cc(C)c(C)c(C)c1.O=C(COCC1c2cccn2CCN1C(=O)O)N1CCC(Oc2ccncc2)C1. The smallest absolute Gasteiger partial charge is 0.408 e. The van der Waals surface area contributed by atoms with E-state index in [-0.39, 0.29) is 25.2 Å². The summed E-state index contributed by atoms with van der Waals surface area (Å²) in [5, 5.41) is 9.47. The number of pyridine rings is 1. The van der Waals surface area contributed by atoms with E-state index < -0.39 is 12.1 Å². The average molecular weight is 535 g/mol. The maximum absolute atomic E-state index is 12.5. The maximum atomic E-state index is 12.5. The molecule has 9 heteroatoms. The Morgan fingerprint density at radius 2 is 1.74 bits per heavy atom. The first kappa shape index (κ1) is 28.2. The molecule has 1 N–H and O–H groups in total. The number of rotatable bonds is 6. The summed E-state index contributed by atoms with van der Waals surface area (Å²) >= 11 is 0. The highest BCUT2D eigenvalue weighted by Crippen LogP contribution is 2.26. The zero-order valence-corrected chi connectivity index (χ0v) is 23.2. The molecule has 1 saturated heterocycles. The molecular weight excluding hydrogens is 496 g/mol. The Kier molecular flexibility index (Phi) is 9.24. The van der Waals surface area contributed by atoms with Gasteiger partial charge in [0.2, 0.25) is 5.91 Å². The number of aryl methyl sites for hydroxylation is 3. The van der Waals surface area contributed by atoms with Gasteiger partial charge in [0.25, 0.3) is 0 Å². The van der Waals surface area contributed by atoms with Gasteiger partial charge < -0.3 is 24.0 Å². The maximum Gasteiger partial charge on any atom is 0.408 e. The molecule has 0 saturated carbocycles. The molecule has 9 nitrogen and oxygen atoms in total. The summed E-state index contributed by atoms with van der Waals surface area (Å²) in [6.07, 6.45) is 5.00. The van der Waals surface area contributed by atoms with Gasteiger partial charge >= 0.3 is 6.09 Å². The number of ether oxygens (including phenoxy) is 2. The van der Waals surface area contributed by atoms with Crippen LogP contribution in [0.5, 0.6) is 5.75 Å². The molecule has 2 aliphatic heterocycles. The number of aromatic nitrogens is 2. The van der Waals surface area contributed by atoms with Crippen molar-refractivity contribution >= 4 is 12.0 Å². The molecule has 4 heterocycles. The van der Waals surface area contributed by atoms with E-state index in [1.807, 2.05) is 22.9 Å². The second kappa shape index (κ2) is 12.8. The van der Waals surface area contributed by atoms with Crippen LogP contribution in [0.1, 0.15) is 40.4 Å². The van der Waals surface area contributed by atoms with Crippen molar-refractivity contribution < 1.29 is 24.2 Å². The quantitative estimate of drug-likeness (QED) is 0.499. The largest absolute Gasteiger partial charge is 0.488 e. The minimum atomic E-state index is -0.979. The number of benzene rings is 1. The van der Waals surface area contributed by atoms with Crippen molar-refractivity contribution in [3.05, 3.63) is 82.9 Å². The van der Waals surface area contributed by atoms with E-state index in [0.29, 0.717) is 26.2 Å². The third kappa shape index (κ3) is 7.17. The summed E-state index contributed by atoms with van der Waals surface area (Å²) in [5.74, 6) is 0.628. The van der Waals surface area contributed by atoms with Gasteiger partial charge in [0.05, 0.1) is 19.2 Å². The van der Waals surface area contributed by atoms with Crippen LogP contribution in [0.4, 0.5) is 4.79 Å². The number of fused-ring (bicyclic) bond motifs is 1. The minimum Gasteiger partial charge on any atom is -0.488 e. The molecule has 2 aromatic heterocycles. The van der Waals surface area contributed by atoms with Crippen LogP contribution in [0.2, 0.25) is 0 Å². The molecule has 2 aliphatic rings. The van der Waals surface area contributed by atoms with Crippen LogP contribution < -0.4 is 4.74 Å². The molecule has 3 aromatic rings. The molecule has 0 bridgehead atoms. The highest BCUT2D eigenvalue weighted by atomic mass is 16.5. The molecule has 0 spiro atoms. The Morgan fingerprint density at radius 1 is 1.03 bits per heavy atom. The predicted octanol–water partition coefficient (Wildman–Crippen LogP) is 4.53. The van der Waals surface area contributed by atoms with Crippen molar-refractivity contribution in [2.45, 2.75) is 52.8 Å². The average Bonchev–Trinajstić information content (AvgIpc) is 3.58. The summed E-state index contributed by atoms with van der Waals surface area (Å²) in [7, 11) is 0. The molecule has 2 amide bonds. The van der Waals surface area contributed by atoms with Crippen molar-refractivity contribution in [3.8, 4) is 5.75 Å². The summed E-state index contributed by atoms with van der Waals surface area (Å²) in [5.41, 5.74) is 6.47. The molecule has 0 aliphatic carbocycles. The molecule has 39 heavy (non-hydrogen) atoms. The Bertz CT molecular complexity index is 1250. The van der Waals surface area contributed by atoms with Crippen molar-refractivity contribution in [3.63, 3.8) is 0 Å². The number of carbonyl (C=O) groups is 2. The molecular formula is C30H38N4O5. The molecule has 1 fully saturated rings. The lowest BCUT2D eigenvalue weighted by atomic mass is 10.0. The van der Waals surface area contributed by atoms with E-state index in [2.05, 4.69) is 44.8 Å². The monoisotopic (exact) mass is 534 g/mol. The summed E-state index contributed by atoms with van der Waals surface area (Å²) < 4.78 is 13.6. The van der Waals surface area contributed by atoms with Gasteiger partial charge in [0.1, 0.15) is 18.5 Å². The van der Waals surface area contributed by atoms with Gasteiger partial charge in [-0.1, -0.05) is 17.7 Å². The Balaban J connectivity index is 0.000000298. The van der Waals surface area contributed by atoms with Crippen molar-refractivity contribution in [1.82, 2.24) is 19.4 Å². The first-order valence-corrected chi connectivity index (χ1v) is 13.3. The summed E-state index contributed by atoms with van der Waals surface area (Å²) in [4.78, 5) is 31.1. The van der Waals surface area contributed by atoms with E-state index in [9.17, 15) is 14.7 Å². The van der Waals surface area contributed by atoms with Gasteiger partial charge in [0.15, 0.2) is 0 Å². The normalized spacial score (nSPS) is 18.3. The van der Waals surface area contributed by atoms with Gasteiger partial charge in [-0.15, -0.1) is 0 Å². The lowest BCUT2D eigenvalue weighted by molar-refractivity contribution is -0.136. The number of hydrogen-bond acceptors (Lipinski definition) is 5. The third-order valence-corrected chi connectivity index (χ3v) is 7.43. The topological polar surface area (TPSA) is 97.1 Å². The first-order valence-electron chi connectivity index (χ1n) is 13.3. The van der Waals surface area contributed by atoms with E-state index in [1.54, 1.807) is 29.4 Å². The van der Waals surface area contributed by atoms with E-state index >= 15 is 0 Å². The molecule has 2 unspecified atom stereocenters. The van der Waals surface area contributed by atoms with Gasteiger partial charge in [-0.2, -0.15) is 0 Å². The van der Waals surface area contributed by atoms with Crippen LogP contribution in [0.15, 0.2) is 55.0 Å². The number of nitrogens with zero attached hydrogens (tertiary/aromatic N) is 4. The van der Waals surface area contributed by atoms with Crippen LogP contribution in [-0.2, 0) is 16.1 Å². The van der Waals surface area contributed by atoms with Crippen LogP contribution in [0, 0.1) is 27.7 Å². The van der Waals surface area contributed by atoms with Crippen LogP contribution in [0.25, 0.3) is 0 Å². The van der Waals surface area contributed by atoms with Gasteiger partial charge in [-0.05, 0) is 68.7 Å². The number of carboxylic acid groups (broad SMARTS) is 1. The lowest BCUT2D eigenvalue weighted by Crippen LogP contribution is -2.43.